The second-order valence-electron chi connectivity index (χ2n) is 5.13. The van der Waals surface area contributed by atoms with E-state index in [1.54, 1.807) is 25.3 Å². The molecule has 2 aromatic rings. The smallest absolute Gasteiger partial charge is 0.161 e. The molecule has 0 spiro atoms. The molecule has 0 saturated carbocycles. The average Bonchev–Trinajstić information content (AvgIpc) is 2.52. The summed E-state index contributed by atoms with van der Waals surface area (Å²) in [6.07, 6.45) is 0. The zero-order chi connectivity index (χ0) is 16.1. The molecule has 0 bridgehead atoms. The molecular weight excluding hydrogens is 314 g/mol. The highest BCUT2D eigenvalue weighted by atomic mass is 35.5. The number of nitrogens with one attached hydrogen (secondary N) is 1. The fourth-order valence-corrected chi connectivity index (χ4v) is 2.04. The van der Waals surface area contributed by atoms with Crippen LogP contribution >= 0.6 is 12.4 Å². The first-order valence-corrected chi connectivity index (χ1v) is 6.92. The maximum absolute atomic E-state index is 7.45. The van der Waals surface area contributed by atoms with Gasteiger partial charge in [0.25, 0.3) is 0 Å². The summed E-state index contributed by atoms with van der Waals surface area (Å²) in [5.74, 6) is 1.20. The van der Waals surface area contributed by atoms with Gasteiger partial charge in [-0.1, -0.05) is 12.1 Å². The molecule has 6 heteroatoms. The van der Waals surface area contributed by atoms with Crippen LogP contribution in [0.25, 0.3) is 0 Å². The van der Waals surface area contributed by atoms with Crippen LogP contribution in [0.2, 0.25) is 0 Å². The van der Waals surface area contributed by atoms with Gasteiger partial charge in [-0.2, -0.15) is 0 Å². The fourth-order valence-electron chi connectivity index (χ4n) is 2.04. The summed E-state index contributed by atoms with van der Waals surface area (Å²) in [6.45, 7) is 0.442. The van der Waals surface area contributed by atoms with Gasteiger partial charge in [0.2, 0.25) is 0 Å². The van der Waals surface area contributed by atoms with Gasteiger partial charge in [0.15, 0.2) is 11.5 Å². The van der Waals surface area contributed by atoms with Crippen molar-refractivity contribution in [2.45, 2.75) is 6.61 Å². The number of nitrogens with two attached hydrogens (primary N) is 1. The molecule has 23 heavy (non-hydrogen) atoms. The van der Waals surface area contributed by atoms with Crippen LogP contribution in [-0.4, -0.2) is 27.0 Å². The zero-order valence-corrected chi connectivity index (χ0v) is 14.3. The van der Waals surface area contributed by atoms with Crippen LogP contribution in [0.3, 0.4) is 0 Å². The highest BCUT2D eigenvalue weighted by molar-refractivity contribution is 5.95. The van der Waals surface area contributed by atoms with Gasteiger partial charge in [0.05, 0.1) is 7.11 Å². The molecule has 0 unspecified atom stereocenters. The highest BCUT2D eigenvalue weighted by Gasteiger charge is 2.08. The molecule has 124 valence electrons. The van der Waals surface area contributed by atoms with Crippen LogP contribution in [0.1, 0.15) is 11.1 Å². The van der Waals surface area contributed by atoms with Crippen LogP contribution in [0, 0.1) is 5.41 Å². The van der Waals surface area contributed by atoms with E-state index in [9.17, 15) is 0 Å². The molecule has 5 nitrogen and oxygen atoms in total. The SMILES string of the molecule is COc1cc(C(=N)N)ccc1OCc1cccc(N(C)C)c1.Cl. The topological polar surface area (TPSA) is 71.6 Å². The standard InChI is InChI=1S/C17H21N3O2.ClH/c1-20(2)14-6-4-5-12(9-14)11-22-15-8-7-13(17(18)19)10-16(15)21-3;/h4-10H,11H2,1-3H3,(H3,18,19);1H. The minimum Gasteiger partial charge on any atom is -0.493 e. The maximum Gasteiger partial charge on any atom is 0.161 e. The van der Waals surface area contributed by atoms with Gasteiger partial charge in [0.1, 0.15) is 12.4 Å². The summed E-state index contributed by atoms with van der Waals surface area (Å²) in [4.78, 5) is 2.05. The van der Waals surface area contributed by atoms with Crippen molar-refractivity contribution in [1.29, 1.82) is 5.41 Å². The van der Waals surface area contributed by atoms with Gasteiger partial charge in [0, 0.05) is 25.3 Å². The molecule has 2 aromatic carbocycles. The lowest BCUT2D eigenvalue weighted by Crippen LogP contribution is -2.11. The van der Waals surface area contributed by atoms with Gasteiger partial charge < -0.3 is 20.1 Å². The highest BCUT2D eigenvalue weighted by Crippen LogP contribution is 2.29. The minimum atomic E-state index is 0. The van der Waals surface area contributed by atoms with E-state index in [4.69, 9.17) is 20.6 Å². The lowest BCUT2D eigenvalue weighted by molar-refractivity contribution is 0.284. The van der Waals surface area contributed by atoms with Crippen molar-refractivity contribution in [1.82, 2.24) is 0 Å². The van der Waals surface area contributed by atoms with Crippen LogP contribution in [0.4, 0.5) is 5.69 Å². The molecule has 0 heterocycles. The lowest BCUT2D eigenvalue weighted by Gasteiger charge is -2.15. The summed E-state index contributed by atoms with van der Waals surface area (Å²) in [5.41, 5.74) is 8.29. The third-order valence-corrected chi connectivity index (χ3v) is 3.30. The maximum atomic E-state index is 7.45. The largest absolute Gasteiger partial charge is 0.493 e. The molecule has 0 aromatic heterocycles. The van der Waals surface area contributed by atoms with E-state index in [0.717, 1.165) is 11.3 Å². The van der Waals surface area contributed by atoms with Gasteiger partial charge in [-0.3, -0.25) is 5.41 Å². The van der Waals surface area contributed by atoms with Crippen molar-refractivity contribution in [2.24, 2.45) is 5.73 Å². The minimum absolute atomic E-state index is 0. The van der Waals surface area contributed by atoms with Crippen LogP contribution in [0.15, 0.2) is 42.5 Å². The lowest BCUT2D eigenvalue weighted by atomic mass is 10.2. The number of hydrogen-bond donors (Lipinski definition) is 2. The Bertz CT molecular complexity index is 675. The molecule has 0 saturated heterocycles. The molecular formula is C17H22ClN3O2. The normalized spacial score (nSPS) is 9.70. The number of ether oxygens (including phenoxy) is 2. The Morgan fingerprint density at radius 2 is 1.87 bits per heavy atom. The molecule has 0 aliphatic heterocycles. The number of rotatable bonds is 6. The van der Waals surface area contributed by atoms with Crippen molar-refractivity contribution < 1.29 is 9.47 Å². The first kappa shape index (κ1) is 18.6. The van der Waals surface area contributed by atoms with Gasteiger partial charge >= 0.3 is 0 Å². The molecule has 0 aliphatic carbocycles. The number of benzene rings is 2. The van der Waals surface area contributed by atoms with Crippen LogP contribution in [-0.2, 0) is 6.61 Å². The van der Waals surface area contributed by atoms with E-state index in [-0.39, 0.29) is 18.2 Å². The number of anilines is 1. The Hall–Kier alpha value is -2.40. The summed E-state index contributed by atoms with van der Waals surface area (Å²) in [5, 5.41) is 7.45. The number of nitrogens with zero attached hydrogens (tertiary/aromatic N) is 1. The Morgan fingerprint density at radius 1 is 1.13 bits per heavy atom. The zero-order valence-electron chi connectivity index (χ0n) is 13.5. The van der Waals surface area contributed by atoms with Crippen molar-refractivity contribution in [2.75, 3.05) is 26.1 Å². The van der Waals surface area contributed by atoms with Crippen molar-refractivity contribution in [3.8, 4) is 11.5 Å². The Labute approximate surface area is 142 Å². The molecule has 0 amide bonds. The van der Waals surface area contributed by atoms with Gasteiger partial charge in [-0.15, -0.1) is 12.4 Å². The third kappa shape index (κ3) is 4.79. The van der Waals surface area contributed by atoms with E-state index in [1.807, 2.05) is 37.2 Å². The quantitative estimate of drug-likeness (QED) is 0.628. The summed E-state index contributed by atoms with van der Waals surface area (Å²) in [7, 11) is 5.58. The van der Waals surface area contributed by atoms with Crippen LogP contribution in [0.5, 0.6) is 11.5 Å². The molecule has 0 aliphatic rings. The van der Waals surface area contributed by atoms with E-state index in [1.165, 1.54) is 0 Å². The van der Waals surface area contributed by atoms with Gasteiger partial charge in [-0.25, -0.2) is 0 Å². The number of nitrogen functional groups attached to an aromatic ring is 1. The van der Waals surface area contributed by atoms with Crippen LogP contribution < -0.4 is 20.1 Å². The predicted molar refractivity (Wildman–Crippen MR) is 96.4 cm³/mol. The van der Waals surface area contributed by atoms with E-state index in [0.29, 0.717) is 23.7 Å². The summed E-state index contributed by atoms with van der Waals surface area (Å²) in [6, 6.07) is 13.4. The fraction of sp³-hybridized carbons (Fsp3) is 0.235. The molecule has 3 N–H and O–H groups in total. The number of amidine groups is 1. The Balaban J connectivity index is 0.00000264. The van der Waals surface area contributed by atoms with Crippen molar-refractivity contribution >= 4 is 23.9 Å². The number of hydrogen-bond acceptors (Lipinski definition) is 4. The second-order valence-corrected chi connectivity index (χ2v) is 5.13. The van der Waals surface area contributed by atoms with E-state index >= 15 is 0 Å². The van der Waals surface area contributed by atoms with Crippen molar-refractivity contribution in [3.63, 3.8) is 0 Å². The Morgan fingerprint density at radius 3 is 2.48 bits per heavy atom. The summed E-state index contributed by atoms with van der Waals surface area (Å²) >= 11 is 0. The first-order chi connectivity index (χ1) is 10.5. The van der Waals surface area contributed by atoms with Gasteiger partial charge in [-0.05, 0) is 35.9 Å². The van der Waals surface area contributed by atoms with Crippen molar-refractivity contribution in [3.05, 3.63) is 53.6 Å². The Kier molecular flexibility index (Phi) is 6.72. The number of halogens is 1. The molecule has 0 fully saturated rings. The molecule has 0 atom stereocenters. The van der Waals surface area contributed by atoms with E-state index < -0.39 is 0 Å². The number of methoxy groups -OCH3 is 1. The molecule has 2 rings (SSSR count). The monoisotopic (exact) mass is 335 g/mol. The second kappa shape index (κ2) is 8.29. The van der Waals surface area contributed by atoms with E-state index in [2.05, 4.69) is 6.07 Å². The molecule has 0 radical (unpaired) electrons. The third-order valence-electron chi connectivity index (χ3n) is 3.30. The first-order valence-electron chi connectivity index (χ1n) is 6.92. The average molecular weight is 336 g/mol. The summed E-state index contributed by atoms with van der Waals surface area (Å²) < 4.78 is 11.1. The predicted octanol–water partition coefficient (Wildman–Crippen LogP) is 3.05.